The average Bonchev–Trinajstić information content (AvgIpc) is 3.06. The van der Waals surface area contributed by atoms with E-state index in [9.17, 15) is 0 Å². The van der Waals surface area contributed by atoms with Crippen molar-refractivity contribution in [2.75, 3.05) is 0 Å². The van der Waals surface area contributed by atoms with E-state index in [1.807, 2.05) is 36.4 Å². The standard InChI is InChI=1S/C22H14N2S/c1-3-9-15(10-4-1)19-20(16-11-5-2-6-12-16)24-22-21(23-19)17-13-7-8-14-18(17)25-22/h1-14H. The van der Waals surface area contributed by atoms with Gasteiger partial charge in [-0.05, 0) is 6.07 Å². The van der Waals surface area contributed by atoms with Gasteiger partial charge in [0.25, 0.3) is 0 Å². The quantitative estimate of drug-likeness (QED) is 0.384. The summed E-state index contributed by atoms with van der Waals surface area (Å²) in [5.41, 5.74) is 5.03. The van der Waals surface area contributed by atoms with Gasteiger partial charge in [0.1, 0.15) is 10.3 Å². The number of nitrogens with zero attached hydrogens (tertiary/aromatic N) is 2. The zero-order valence-corrected chi connectivity index (χ0v) is 14.2. The SMILES string of the molecule is c1ccc(-c2nc3sc4ccccc4c3nc2-c2ccccc2)cc1. The van der Waals surface area contributed by atoms with Crippen LogP contribution in [0.1, 0.15) is 0 Å². The Morgan fingerprint density at radius 2 is 1.12 bits per heavy atom. The van der Waals surface area contributed by atoms with Crippen LogP contribution in [0.5, 0.6) is 0 Å². The van der Waals surface area contributed by atoms with Crippen molar-refractivity contribution < 1.29 is 0 Å². The molecule has 2 nitrogen and oxygen atoms in total. The smallest absolute Gasteiger partial charge is 0.143 e. The molecule has 0 aliphatic carbocycles. The highest BCUT2D eigenvalue weighted by atomic mass is 32.1. The van der Waals surface area contributed by atoms with E-state index < -0.39 is 0 Å². The first-order valence-corrected chi connectivity index (χ1v) is 9.02. The van der Waals surface area contributed by atoms with Gasteiger partial charge in [0.15, 0.2) is 0 Å². The molecule has 118 valence electrons. The van der Waals surface area contributed by atoms with Crippen molar-refractivity contribution in [3.63, 3.8) is 0 Å². The van der Waals surface area contributed by atoms with Gasteiger partial charge < -0.3 is 0 Å². The summed E-state index contributed by atoms with van der Waals surface area (Å²) < 4.78 is 1.22. The van der Waals surface area contributed by atoms with Crippen LogP contribution >= 0.6 is 11.3 Å². The topological polar surface area (TPSA) is 25.8 Å². The molecule has 0 N–H and O–H groups in total. The summed E-state index contributed by atoms with van der Waals surface area (Å²) in [6.07, 6.45) is 0. The zero-order chi connectivity index (χ0) is 16.6. The van der Waals surface area contributed by atoms with Gasteiger partial charge in [0.2, 0.25) is 0 Å². The maximum Gasteiger partial charge on any atom is 0.143 e. The van der Waals surface area contributed by atoms with E-state index in [1.165, 1.54) is 10.1 Å². The zero-order valence-electron chi connectivity index (χ0n) is 13.4. The number of aromatic nitrogens is 2. The molecule has 0 amide bonds. The monoisotopic (exact) mass is 338 g/mol. The van der Waals surface area contributed by atoms with Crippen molar-refractivity contribution >= 4 is 31.8 Å². The molecule has 0 aliphatic rings. The Morgan fingerprint density at radius 1 is 0.560 bits per heavy atom. The fourth-order valence-corrected chi connectivity index (χ4v) is 4.14. The van der Waals surface area contributed by atoms with Gasteiger partial charge in [0.05, 0.1) is 11.4 Å². The largest absolute Gasteiger partial charge is 0.242 e. The molecule has 0 spiro atoms. The Hall–Kier alpha value is -3.04. The van der Waals surface area contributed by atoms with Gasteiger partial charge in [-0.1, -0.05) is 78.9 Å². The highest BCUT2D eigenvalue weighted by Crippen LogP contribution is 2.36. The summed E-state index contributed by atoms with van der Waals surface area (Å²) in [5, 5.41) is 1.17. The Balaban J connectivity index is 1.89. The summed E-state index contributed by atoms with van der Waals surface area (Å²) in [7, 11) is 0. The molecule has 2 aromatic heterocycles. The van der Waals surface area contributed by atoms with E-state index in [0.29, 0.717) is 0 Å². The number of benzene rings is 3. The van der Waals surface area contributed by atoms with Gasteiger partial charge in [-0.15, -0.1) is 11.3 Å². The third-order valence-corrected chi connectivity index (χ3v) is 5.36. The number of rotatable bonds is 2. The molecule has 2 heterocycles. The summed E-state index contributed by atoms with van der Waals surface area (Å²) >= 11 is 1.70. The second-order valence-electron chi connectivity index (χ2n) is 5.90. The molecular weight excluding hydrogens is 324 g/mol. The van der Waals surface area contributed by atoms with Gasteiger partial charge in [0, 0.05) is 21.2 Å². The normalized spacial score (nSPS) is 11.2. The average molecular weight is 338 g/mol. The highest BCUT2D eigenvalue weighted by molar-refractivity contribution is 7.25. The fraction of sp³-hybridized carbons (Fsp3) is 0. The van der Waals surface area contributed by atoms with Crippen molar-refractivity contribution in [2.45, 2.75) is 0 Å². The number of thiophene rings is 1. The maximum atomic E-state index is 5.06. The van der Waals surface area contributed by atoms with Gasteiger partial charge in [-0.3, -0.25) is 0 Å². The predicted molar refractivity (Wildman–Crippen MR) is 106 cm³/mol. The molecule has 3 aromatic carbocycles. The molecule has 0 atom stereocenters. The maximum absolute atomic E-state index is 5.06. The second kappa shape index (κ2) is 5.80. The fourth-order valence-electron chi connectivity index (χ4n) is 3.12. The van der Waals surface area contributed by atoms with E-state index in [-0.39, 0.29) is 0 Å². The lowest BCUT2D eigenvalue weighted by molar-refractivity contribution is 1.32. The Bertz CT molecular complexity index is 1180. The van der Waals surface area contributed by atoms with Gasteiger partial charge in [-0.2, -0.15) is 0 Å². The minimum Gasteiger partial charge on any atom is -0.242 e. The van der Waals surface area contributed by atoms with Crippen LogP contribution in [0, 0.1) is 0 Å². The Labute approximate surface area is 149 Å². The Morgan fingerprint density at radius 3 is 1.80 bits per heavy atom. The van der Waals surface area contributed by atoms with E-state index in [0.717, 1.165) is 32.9 Å². The summed E-state index contributed by atoms with van der Waals surface area (Å²) in [6, 6.07) is 29.0. The van der Waals surface area contributed by atoms with Crippen LogP contribution in [-0.4, -0.2) is 9.97 Å². The van der Waals surface area contributed by atoms with E-state index in [1.54, 1.807) is 11.3 Å². The molecule has 0 saturated carbocycles. The van der Waals surface area contributed by atoms with Gasteiger partial charge in [-0.25, -0.2) is 9.97 Å². The third kappa shape index (κ3) is 2.41. The van der Waals surface area contributed by atoms with Crippen molar-refractivity contribution in [3.05, 3.63) is 84.9 Å². The first-order chi connectivity index (χ1) is 12.4. The van der Waals surface area contributed by atoms with Crippen molar-refractivity contribution in [1.82, 2.24) is 9.97 Å². The molecule has 0 saturated heterocycles. The minimum atomic E-state index is 0.933. The van der Waals surface area contributed by atoms with E-state index in [4.69, 9.17) is 9.97 Å². The molecule has 0 unspecified atom stereocenters. The predicted octanol–water partition coefficient (Wildman–Crippen LogP) is 6.18. The molecule has 0 fully saturated rings. The van der Waals surface area contributed by atoms with E-state index >= 15 is 0 Å². The lowest BCUT2D eigenvalue weighted by atomic mass is 10.0. The highest BCUT2D eigenvalue weighted by Gasteiger charge is 2.15. The summed E-state index contributed by atoms with van der Waals surface area (Å²) in [4.78, 5) is 11.1. The first kappa shape index (κ1) is 14.3. The van der Waals surface area contributed by atoms with Gasteiger partial charge >= 0.3 is 0 Å². The van der Waals surface area contributed by atoms with Crippen molar-refractivity contribution in [1.29, 1.82) is 0 Å². The van der Waals surface area contributed by atoms with Crippen molar-refractivity contribution in [3.8, 4) is 22.5 Å². The molecule has 5 rings (SSSR count). The summed E-state index contributed by atoms with van der Waals surface area (Å²) in [6.45, 7) is 0. The van der Waals surface area contributed by atoms with Crippen molar-refractivity contribution in [2.24, 2.45) is 0 Å². The molecule has 0 aliphatic heterocycles. The van der Waals surface area contributed by atoms with Crippen LogP contribution in [0.4, 0.5) is 0 Å². The molecule has 0 radical (unpaired) electrons. The first-order valence-electron chi connectivity index (χ1n) is 8.20. The Kier molecular flexibility index (Phi) is 3.32. The second-order valence-corrected chi connectivity index (χ2v) is 6.94. The third-order valence-electron chi connectivity index (χ3n) is 4.31. The lowest BCUT2D eigenvalue weighted by Crippen LogP contribution is -1.93. The van der Waals surface area contributed by atoms with Crippen LogP contribution in [0.3, 0.4) is 0 Å². The lowest BCUT2D eigenvalue weighted by Gasteiger charge is -2.09. The minimum absolute atomic E-state index is 0.933. The number of hydrogen-bond acceptors (Lipinski definition) is 3. The number of fused-ring (bicyclic) bond motifs is 3. The molecule has 0 bridgehead atoms. The molecular formula is C22H14N2S. The molecule has 25 heavy (non-hydrogen) atoms. The van der Waals surface area contributed by atoms with E-state index in [2.05, 4.69) is 48.5 Å². The number of hydrogen-bond donors (Lipinski definition) is 0. The molecule has 3 heteroatoms. The molecule has 5 aromatic rings. The van der Waals surface area contributed by atoms with Crippen LogP contribution in [0.15, 0.2) is 84.9 Å². The van der Waals surface area contributed by atoms with Crippen LogP contribution in [-0.2, 0) is 0 Å². The van der Waals surface area contributed by atoms with Crippen LogP contribution in [0.2, 0.25) is 0 Å². The van der Waals surface area contributed by atoms with Crippen LogP contribution in [0.25, 0.3) is 42.9 Å². The summed E-state index contributed by atoms with van der Waals surface area (Å²) in [5.74, 6) is 0. The van der Waals surface area contributed by atoms with Crippen LogP contribution < -0.4 is 0 Å².